The minimum absolute atomic E-state index is 0.00238. The molecule has 28 heavy (non-hydrogen) atoms. The summed E-state index contributed by atoms with van der Waals surface area (Å²) < 4.78 is 1.83. The number of nitriles is 1. The van der Waals surface area contributed by atoms with Gasteiger partial charge in [0.15, 0.2) is 0 Å². The van der Waals surface area contributed by atoms with Crippen LogP contribution in [0.1, 0.15) is 22.3 Å². The van der Waals surface area contributed by atoms with E-state index in [9.17, 15) is 4.79 Å². The molecule has 0 spiro atoms. The molecule has 3 heteroatoms. The molecule has 4 aromatic rings. The summed E-state index contributed by atoms with van der Waals surface area (Å²) in [5, 5.41) is 10.7. The predicted molar refractivity (Wildman–Crippen MR) is 113 cm³/mol. The number of fused-ring (bicyclic) bond motifs is 1. The van der Waals surface area contributed by atoms with Crippen LogP contribution in [0.4, 0.5) is 0 Å². The van der Waals surface area contributed by atoms with Crippen molar-refractivity contribution in [3.63, 3.8) is 0 Å². The van der Waals surface area contributed by atoms with E-state index in [1.54, 1.807) is 12.1 Å². The van der Waals surface area contributed by atoms with Gasteiger partial charge in [-0.1, -0.05) is 54.1 Å². The molecule has 0 bridgehead atoms. The van der Waals surface area contributed by atoms with Crippen LogP contribution in [0.2, 0.25) is 0 Å². The first-order valence-electron chi connectivity index (χ1n) is 9.26. The first-order valence-corrected chi connectivity index (χ1v) is 9.26. The van der Waals surface area contributed by atoms with Crippen molar-refractivity contribution in [2.24, 2.45) is 0 Å². The van der Waals surface area contributed by atoms with Crippen LogP contribution < -0.4 is 5.56 Å². The highest BCUT2D eigenvalue weighted by molar-refractivity contribution is 5.85. The average Bonchev–Trinajstić information content (AvgIpc) is 2.71. The van der Waals surface area contributed by atoms with Crippen molar-refractivity contribution in [1.29, 1.82) is 5.26 Å². The molecule has 3 aromatic carbocycles. The lowest BCUT2D eigenvalue weighted by atomic mass is 10.0. The maximum absolute atomic E-state index is 13.3. The van der Waals surface area contributed by atoms with Gasteiger partial charge < -0.3 is 4.57 Å². The van der Waals surface area contributed by atoms with Gasteiger partial charge in [-0.2, -0.15) is 5.26 Å². The maximum atomic E-state index is 13.3. The van der Waals surface area contributed by atoms with Crippen molar-refractivity contribution in [1.82, 2.24) is 4.57 Å². The van der Waals surface area contributed by atoms with Gasteiger partial charge in [0, 0.05) is 5.39 Å². The first-order chi connectivity index (χ1) is 13.6. The van der Waals surface area contributed by atoms with Crippen molar-refractivity contribution >= 4 is 10.8 Å². The molecule has 0 atom stereocenters. The van der Waals surface area contributed by atoms with Crippen LogP contribution in [0.5, 0.6) is 0 Å². The van der Waals surface area contributed by atoms with E-state index >= 15 is 0 Å². The molecular formula is C25H20N2O. The second kappa shape index (κ2) is 7.17. The summed E-state index contributed by atoms with van der Waals surface area (Å²) in [6.07, 6.45) is 0. The molecule has 1 heterocycles. The Morgan fingerprint density at radius 1 is 0.929 bits per heavy atom. The Morgan fingerprint density at radius 2 is 1.68 bits per heavy atom. The smallest absolute Gasteiger partial charge is 0.259 e. The Kier molecular flexibility index (Phi) is 4.55. The number of pyridine rings is 1. The highest BCUT2D eigenvalue weighted by Crippen LogP contribution is 2.24. The Morgan fingerprint density at radius 3 is 2.39 bits per heavy atom. The molecule has 3 nitrogen and oxygen atoms in total. The normalized spacial score (nSPS) is 10.8. The van der Waals surface area contributed by atoms with Crippen molar-refractivity contribution in [3.05, 3.63) is 105 Å². The number of nitrogens with zero attached hydrogens (tertiary/aromatic N) is 2. The molecule has 0 N–H and O–H groups in total. The fourth-order valence-corrected chi connectivity index (χ4v) is 3.60. The molecule has 0 aliphatic carbocycles. The summed E-state index contributed by atoms with van der Waals surface area (Å²) in [5.41, 5.74) is 5.88. The summed E-state index contributed by atoms with van der Waals surface area (Å²) in [6, 6.07) is 25.6. The molecule has 0 amide bonds. The van der Waals surface area contributed by atoms with E-state index in [0.29, 0.717) is 17.5 Å². The van der Waals surface area contributed by atoms with Gasteiger partial charge in [0.25, 0.3) is 5.56 Å². The minimum atomic E-state index is -0.00238. The number of rotatable bonds is 3. The van der Waals surface area contributed by atoms with E-state index < -0.39 is 0 Å². The van der Waals surface area contributed by atoms with Gasteiger partial charge in [-0.15, -0.1) is 0 Å². The van der Waals surface area contributed by atoms with Crippen LogP contribution in [0.15, 0.2) is 77.6 Å². The molecule has 0 aliphatic heterocycles. The zero-order valence-electron chi connectivity index (χ0n) is 15.9. The van der Waals surface area contributed by atoms with Crippen molar-refractivity contribution in [2.45, 2.75) is 20.4 Å². The second-order valence-corrected chi connectivity index (χ2v) is 7.13. The topological polar surface area (TPSA) is 45.8 Å². The van der Waals surface area contributed by atoms with Crippen LogP contribution >= 0.6 is 0 Å². The summed E-state index contributed by atoms with van der Waals surface area (Å²) in [6.45, 7) is 4.65. The molecule has 0 unspecified atom stereocenters. The number of aryl methyl sites for hydroxylation is 2. The molecule has 4 rings (SSSR count). The number of benzene rings is 3. The monoisotopic (exact) mass is 364 g/mol. The van der Waals surface area contributed by atoms with E-state index in [-0.39, 0.29) is 5.56 Å². The van der Waals surface area contributed by atoms with E-state index in [0.717, 1.165) is 22.2 Å². The van der Waals surface area contributed by atoms with Gasteiger partial charge in [0.05, 0.1) is 23.9 Å². The summed E-state index contributed by atoms with van der Waals surface area (Å²) in [4.78, 5) is 13.3. The quantitative estimate of drug-likeness (QED) is 0.501. The molecule has 0 saturated heterocycles. The van der Waals surface area contributed by atoms with E-state index in [1.807, 2.05) is 41.0 Å². The van der Waals surface area contributed by atoms with Gasteiger partial charge in [-0.3, -0.25) is 4.79 Å². The molecule has 0 radical (unpaired) electrons. The summed E-state index contributed by atoms with van der Waals surface area (Å²) in [7, 11) is 0. The predicted octanol–water partition coefficient (Wildman–Crippen LogP) is 5.21. The third-order valence-corrected chi connectivity index (χ3v) is 5.16. The molecule has 0 saturated carbocycles. The lowest BCUT2D eigenvalue weighted by Gasteiger charge is -2.16. The third kappa shape index (κ3) is 3.21. The minimum Gasteiger partial charge on any atom is -0.303 e. The lowest BCUT2D eigenvalue weighted by molar-refractivity contribution is 0.772. The fourth-order valence-electron chi connectivity index (χ4n) is 3.60. The zero-order chi connectivity index (χ0) is 19.7. The van der Waals surface area contributed by atoms with Crippen molar-refractivity contribution in [2.75, 3.05) is 0 Å². The average molecular weight is 364 g/mol. The standard InChI is InChI=1S/C25H20N2O/c1-17-7-10-22(18(2)13-17)16-27-24(20-11-8-19(15-26)9-12-20)14-21-5-3-4-6-23(21)25(27)28/h3-14H,16H2,1-2H3. The molecule has 0 aliphatic rings. The van der Waals surface area contributed by atoms with Crippen LogP contribution in [0.3, 0.4) is 0 Å². The molecule has 1 aromatic heterocycles. The van der Waals surface area contributed by atoms with Crippen molar-refractivity contribution < 1.29 is 0 Å². The van der Waals surface area contributed by atoms with Gasteiger partial charge >= 0.3 is 0 Å². The number of hydrogen-bond donors (Lipinski definition) is 0. The zero-order valence-corrected chi connectivity index (χ0v) is 15.9. The lowest BCUT2D eigenvalue weighted by Crippen LogP contribution is -2.23. The van der Waals surface area contributed by atoms with Crippen molar-refractivity contribution in [3.8, 4) is 17.3 Å². The van der Waals surface area contributed by atoms with Gasteiger partial charge in [-0.05, 0) is 60.2 Å². The molecule has 0 fully saturated rings. The van der Waals surface area contributed by atoms with E-state index in [1.165, 1.54) is 11.1 Å². The largest absolute Gasteiger partial charge is 0.303 e. The summed E-state index contributed by atoms with van der Waals surface area (Å²) >= 11 is 0. The third-order valence-electron chi connectivity index (χ3n) is 5.16. The summed E-state index contributed by atoms with van der Waals surface area (Å²) in [5.74, 6) is 0. The Balaban J connectivity index is 1.95. The SMILES string of the molecule is Cc1ccc(Cn2c(-c3ccc(C#N)cc3)cc3ccccc3c2=O)c(C)c1. The van der Waals surface area contributed by atoms with Gasteiger partial charge in [0.2, 0.25) is 0 Å². The maximum Gasteiger partial charge on any atom is 0.259 e. The Labute approximate surface area is 164 Å². The fraction of sp³-hybridized carbons (Fsp3) is 0.120. The number of aromatic nitrogens is 1. The second-order valence-electron chi connectivity index (χ2n) is 7.13. The van der Waals surface area contributed by atoms with E-state index in [2.05, 4.69) is 44.2 Å². The van der Waals surface area contributed by atoms with Crippen LogP contribution in [0.25, 0.3) is 22.0 Å². The Hall–Kier alpha value is -3.64. The van der Waals surface area contributed by atoms with Crippen LogP contribution in [-0.4, -0.2) is 4.57 Å². The first kappa shape index (κ1) is 17.8. The molecule has 136 valence electrons. The highest BCUT2D eigenvalue weighted by atomic mass is 16.1. The van der Waals surface area contributed by atoms with Crippen LogP contribution in [0, 0.1) is 25.2 Å². The Bertz CT molecular complexity index is 1270. The number of hydrogen-bond acceptors (Lipinski definition) is 2. The molecular weight excluding hydrogens is 344 g/mol. The van der Waals surface area contributed by atoms with E-state index in [4.69, 9.17) is 5.26 Å². The van der Waals surface area contributed by atoms with Crippen LogP contribution in [-0.2, 0) is 6.54 Å². The van der Waals surface area contributed by atoms with Gasteiger partial charge in [-0.25, -0.2) is 0 Å². The van der Waals surface area contributed by atoms with Gasteiger partial charge in [0.1, 0.15) is 0 Å². The highest BCUT2D eigenvalue weighted by Gasteiger charge is 2.12.